The van der Waals surface area contributed by atoms with Gasteiger partial charge in [0.05, 0.1) is 40.3 Å². The molecule has 0 aromatic heterocycles. The van der Waals surface area contributed by atoms with Crippen molar-refractivity contribution in [3.05, 3.63) is 0 Å². The lowest BCUT2D eigenvalue weighted by molar-refractivity contribution is -0.889. The zero-order valence-corrected chi connectivity index (χ0v) is 48.4. The number of esters is 2. The molecule has 0 aliphatic carbocycles. The van der Waals surface area contributed by atoms with Gasteiger partial charge in [-0.15, -0.1) is 0 Å². The second-order valence-corrected chi connectivity index (χ2v) is 23.0. The zero-order chi connectivity index (χ0) is 52.0. The van der Waals surface area contributed by atoms with E-state index in [1.165, 1.54) is 263 Å². The number of rotatable bonds is 59. The van der Waals surface area contributed by atoms with Crippen LogP contribution in [0.5, 0.6) is 0 Å². The van der Waals surface area contributed by atoms with Crippen LogP contribution in [0.15, 0.2) is 0 Å². The smallest absolute Gasteiger partial charge is 0.306 e. The zero-order valence-electron chi connectivity index (χ0n) is 48.4. The summed E-state index contributed by atoms with van der Waals surface area (Å²) >= 11 is 0. The van der Waals surface area contributed by atoms with Crippen LogP contribution in [-0.2, 0) is 28.6 Å². The van der Waals surface area contributed by atoms with Gasteiger partial charge in [0.15, 0.2) is 6.10 Å². The van der Waals surface area contributed by atoms with Crippen molar-refractivity contribution < 1.29 is 38.2 Å². The molecule has 0 N–H and O–H groups in total. The van der Waals surface area contributed by atoms with Crippen molar-refractivity contribution in [2.24, 2.45) is 0 Å². The lowest BCUT2D eigenvalue weighted by Crippen LogP contribution is -2.55. The molecule has 0 aliphatic heterocycles. The van der Waals surface area contributed by atoms with Gasteiger partial charge >= 0.3 is 11.9 Å². The summed E-state index contributed by atoms with van der Waals surface area (Å²) in [6.45, 7) is 4.75. The number of carbonyl (C=O) groups excluding carboxylic acids is 3. The number of carboxylic acids is 1. The first-order valence-electron chi connectivity index (χ1n) is 31.6. The van der Waals surface area contributed by atoms with Crippen molar-refractivity contribution in [3.8, 4) is 0 Å². The predicted molar refractivity (Wildman–Crippen MR) is 301 cm³/mol. The quantitative estimate of drug-likeness (QED) is 0.0340. The SMILES string of the molecule is CCCCCCCCCCCCCCCCCCCCCCCCCCC(=O)OC(COCCC(C(=O)[O-])[N+](C)(C)C)COC(=O)CCCCCCCCCCCCCCCCCCCCCCCCC. The summed E-state index contributed by atoms with van der Waals surface area (Å²) in [5.41, 5.74) is 0. The Hall–Kier alpha value is -1.67. The lowest BCUT2D eigenvalue weighted by atomic mass is 10.0. The number of carboxylic acid groups (broad SMARTS) is 1. The van der Waals surface area contributed by atoms with Crippen molar-refractivity contribution in [1.82, 2.24) is 0 Å². The second-order valence-electron chi connectivity index (χ2n) is 23.0. The summed E-state index contributed by atoms with van der Waals surface area (Å²) in [4.78, 5) is 37.2. The van der Waals surface area contributed by atoms with Gasteiger partial charge in [0.25, 0.3) is 0 Å². The normalized spacial score (nSPS) is 12.6. The third-order valence-corrected chi connectivity index (χ3v) is 15.0. The van der Waals surface area contributed by atoms with E-state index < -0.39 is 18.1 Å². The molecule has 0 rings (SSSR count). The summed E-state index contributed by atoms with van der Waals surface area (Å²) in [5, 5.41) is 11.7. The molecule has 2 unspecified atom stereocenters. The summed E-state index contributed by atoms with van der Waals surface area (Å²) in [6.07, 6.45) is 63.1. The fourth-order valence-electron chi connectivity index (χ4n) is 10.1. The molecule has 0 heterocycles. The Bertz CT molecular complexity index is 1120. The monoisotopic (exact) mass is 1010 g/mol. The number of aliphatic carboxylic acids is 1. The van der Waals surface area contributed by atoms with Crippen LogP contribution in [0.3, 0.4) is 0 Å². The molecule has 0 saturated carbocycles. The molecule has 0 fully saturated rings. The fraction of sp³-hybridized carbons (Fsp3) is 0.952. The van der Waals surface area contributed by atoms with E-state index in [2.05, 4.69) is 13.8 Å². The molecule has 0 aromatic carbocycles. The van der Waals surface area contributed by atoms with Gasteiger partial charge in [0, 0.05) is 19.3 Å². The molecule has 0 spiro atoms. The predicted octanol–water partition coefficient (Wildman–Crippen LogP) is 17.8. The van der Waals surface area contributed by atoms with Crippen molar-refractivity contribution in [2.45, 2.75) is 347 Å². The highest BCUT2D eigenvalue weighted by molar-refractivity contribution is 5.70. The Morgan fingerprint density at radius 3 is 0.873 bits per heavy atom. The Labute approximate surface area is 442 Å². The van der Waals surface area contributed by atoms with Crippen LogP contribution >= 0.6 is 0 Å². The number of hydrogen-bond donors (Lipinski definition) is 0. The van der Waals surface area contributed by atoms with E-state index in [0.717, 1.165) is 38.5 Å². The minimum atomic E-state index is -1.12. The highest BCUT2D eigenvalue weighted by Gasteiger charge is 2.25. The molecule has 8 heteroatoms. The molecule has 0 bridgehead atoms. The average Bonchev–Trinajstić information content (AvgIpc) is 3.34. The minimum Gasteiger partial charge on any atom is -0.544 e. The highest BCUT2D eigenvalue weighted by Crippen LogP contribution is 2.19. The number of ether oxygens (including phenoxy) is 3. The van der Waals surface area contributed by atoms with Gasteiger partial charge in [0.1, 0.15) is 12.6 Å². The van der Waals surface area contributed by atoms with Crippen LogP contribution in [0.4, 0.5) is 0 Å². The van der Waals surface area contributed by atoms with Gasteiger partial charge in [0.2, 0.25) is 0 Å². The van der Waals surface area contributed by atoms with E-state index in [0.29, 0.717) is 12.8 Å². The number of quaternary nitrogens is 1. The third-order valence-electron chi connectivity index (χ3n) is 15.0. The first-order chi connectivity index (χ1) is 34.6. The molecule has 0 saturated heterocycles. The summed E-state index contributed by atoms with van der Waals surface area (Å²) in [6, 6.07) is -0.721. The number of nitrogens with zero attached hydrogens (tertiary/aromatic N) is 1. The Kier molecular flexibility index (Phi) is 53.3. The van der Waals surface area contributed by atoms with Gasteiger partial charge in [-0.2, -0.15) is 0 Å². The van der Waals surface area contributed by atoms with Crippen molar-refractivity contribution >= 4 is 17.9 Å². The van der Waals surface area contributed by atoms with Crippen LogP contribution in [-0.4, -0.2) is 75.5 Å². The fourth-order valence-corrected chi connectivity index (χ4v) is 10.1. The van der Waals surface area contributed by atoms with Crippen LogP contribution in [0.2, 0.25) is 0 Å². The Balaban J connectivity index is 4.04. The lowest BCUT2D eigenvalue weighted by Gasteiger charge is -2.34. The second kappa shape index (κ2) is 54.6. The number of hydrogen-bond acceptors (Lipinski definition) is 7. The maximum Gasteiger partial charge on any atom is 0.306 e. The van der Waals surface area contributed by atoms with Crippen molar-refractivity contribution in [3.63, 3.8) is 0 Å². The summed E-state index contributed by atoms with van der Waals surface area (Å²) in [7, 11) is 5.45. The molecular formula is C63H123NO7. The van der Waals surface area contributed by atoms with E-state index in [1.807, 2.05) is 21.1 Å². The molecular weight excluding hydrogens is 883 g/mol. The summed E-state index contributed by atoms with van der Waals surface area (Å²) < 4.78 is 17.4. The number of carbonyl (C=O) groups is 3. The minimum absolute atomic E-state index is 0.0504. The van der Waals surface area contributed by atoms with Crippen LogP contribution in [0.25, 0.3) is 0 Å². The van der Waals surface area contributed by atoms with Gasteiger partial charge in [-0.05, 0) is 12.8 Å². The molecule has 2 atom stereocenters. The van der Waals surface area contributed by atoms with E-state index in [4.69, 9.17) is 14.2 Å². The standard InChI is InChI=1S/C63H123NO7/c1-6-8-10-12-14-16-18-20-22-24-26-28-30-32-34-36-38-40-42-44-46-48-50-52-54-62(66)71-59(57-69-56-55-60(63(67)68)64(3,4)5)58-70-61(65)53-51-49-47-45-43-41-39-37-35-33-31-29-27-25-23-21-19-17-15-13-11-9-7-2/h59-60H,6-58H2,1-5H3. The maximum atomic E-state index is 12.9. The Morgan fingerprint density at radius 1 is 0.366 bits per heavy atom. The van der Waals surface area contributed by atoms with Gasteiger partial charge in [-0.3, -0.25) is 9.59 Å². The van der Waals surface area contributed by atoms with Crippen LogP contribution in [0, 0.1) is 0 Å². The van der Waals surface area contributed by atoms with Gasteiger partial charge in [-0.25, -0.2) is 0 Å². The van der Waals surface area contributed by atoms with Crippen LogP contribution < -0.4 is 5.11 Å². The van der Waals surface area contributed by atoms with E-state index >= 15 is 0 Å². The molecule has 71 heavy (non-hydrogen) atoms. The third kappa shape index (κ3) is 53.0. The topological polar surface area (TPSA) is 102 Å². The molecule has 8 nitrogen and oxygen atoms in total. The number of likely N-dealkylation sites (N-methyl/N-ethyl adjacent to an activating group) is 1. The molecule has 0 amide bonds. The van der Waals surface area contributed by atoms with E-state index in [1.54, 1.807) is 0 Å². The molecule has 0 radical (unpaired) electrons. The molecule has 422 valence electrons. The van der Waals surface area contributed by atoms with Crippen molar-refractivity contribution in [1.29, 1.82) is 0 Å². The highest BCUT2D eigenvalue weighted by atomic mass is 16.6. The van der Waals surface area contributed by atoms with E-state index in [9.17, 15) is 19.5 Å². The van der Waals surface area contributed by atoms with Crippen LogP contribution in [0.1, 0.15) is 335 Å². The first kappa shape index (κ1) is 69.3. The summed E-state index contributed by atoms with van der Waals surface area (Å²) in [5.74, 6) is -1.70. The largest absolute Gasteiger partial charge is 0.544 e. The number of unbranched alkanes of at least 4 members (excludes halogenated alkanes) is 45. The first-order valence-corrected chi connectivity index (χ1v) is 31.6. The van der Waals surface area contributed by atoms with Gasteiger partial charge in [-0.1, -0.05) is 303 Å². The van der Waals surface area contributed by atoms with Gasteiger partial charge < -0.3 is 28.6 Å². The average molecular weight is 1010 g/mol. The Morgan fingerprint density at radius 2 is 0.620 bits per heavy atom. The molecule has 0 aliphatic rings. The maximum absolute atomic E-state index is 12.9. The van der Waals surface area contributed by atoms with E-state index in [-0.39, 0.29) is 42.7 Å². The molecule has 0 aromatic rings. The van der Waals surface area contributed by atoms with Crippen molar-refractivity contribution in [2.75, 3.05) is 41.0 Å².